The second-order valence-electron chi connectivity index (χ2n) is 2.30. The largest absolute Gasteiger partial charge is 0.478 e. The molecule has 0 fully saturated rings. The second-order valence-corrected chi connectivity index (χ2v) is 2.30. The van der Waals surface area contributed by atoms with E-state index < -0.39 is 35.3 Å². The predicted molar refractivity (Wildman–Crippen MR) is 36.1 cm³/mol. The number of carboxylic acids is 1. The minimum Gasteiger partial charge on any atom is -0.478 e. The van der Waals surface area contributed by atoms with E-state index in [2.05, 4.69) is 4.98 Å². The molecule has 0 aliphatic carbocycles. The molecule has 76 valence electrons. The first kappa shape index (κ1) is 10.4. The van der Waals surface area contributed by atoms with Gasteiger partial charge in [0.05, 0.1) is 0 Å². The lowest BCUT2D eigenvalue weighted by Crippen LogP contribution is -2.08. The molecule has 0 amide bonds. The van der Waals surface area contributed by atoms with Crippen LogP contribution in [-0.4, -0.2) is 16.1 Å². The number of rotatable bonds is 2. The van der Waals surface area contributed by atoms with Crippen molar-refractivity contribution in [3.63, 3.8) is 0 Å². The van der Waals surface area contributed by atoms with E-state index in [0.717, 1.165) is 0 Å². The number of hydrogen-bond donors (Lipinski definition) is 1. The van der Waals surface area contributed by atoms with E-state index in [4.69, 9.17) is 5.11 Å². The first-order valence-corrected chi connectivity index (χ1v) is 3.30. The van der Waals surface area contributed by atoms with Crippen molar-refractivity contribution in [1.82, 2.24) is 4.98 Å². The van der Waals surface area contributed by atoms with E-state index in [9.17, 15) is 22.4 Å². The van der Waals surface area contributed by atoms with Crippen molar-refractivity contribution in [2.45, 2.75) is 6.43 Å². The molecule has 7 heteroatoms. The van der Waals surface area contributed by atoms with Crippen molar-refractivity contribution < 1.29 is 27.5 Å². The topological polar surface area (TPSA) is 50.2 Å². The van der Waals surface area contributed by atoms with Crippen LogP contribution in [0.5, 0.6) is 0 Å². The average molecular weight is 209 g/mol. The lowest BCUT2D eigenvalue weighted by molar-refractivity contribution is 0.0689. The van der Waals surface area contributed by atoms with Crippen molar-refractivity contribution in [1.29, 1.82) is 0 Å². The summed E-state index contributed by atoms with van der Waals surface area (Å²) in [6.07, 6.45) is -3.10. The Kier molecular flexibility index (Phi) is 2.68. The fourth-order valence-corrected chi connectivity index (χ4v) is 0.818. The van der Waals surface area contributed by atoms with Gasteiger partial charge in [0.1, 0.15) is 11.1 Å². The number of nitrogens with zero attached hydrogens (tertiary/aromatic N) is 1. The van der Waals surface area contributed by atoms with Crippen LogP contribution in [0.15, 0.2) is 6.20 Å². The third kappa shape index (κ3) is 1.66. The van der Waals surface area contributed by atoms with E-state index >= 15 is 0 Å². The maximum atomic E-state index is 12.9. The summed E-state index contributed by atoms with van der Waals surface area (Å²) in [6, 6.07) is 0. The SMILES string of the molecule is O=C(O)c1cnc(F)c(C(F)F)c1F. The highest BCUT2D eigenvalue weighted by atomic mass is 19.3. The maximum absolute atomic E-state index is 12.9. The minimum absolute atomic E-state index is 0.346. The molecule has 0 saturated heterocycles. The van der Waals surface area contributed by atoms with Crippen LogP contribution < -0.4 is 0 Å². The first-order chi connectivity index (χ1) is 6.45. The summed E-state index contributed by atoms with van der Waals surface area (Å²) in [5, 5.41) is 8.32. The number of alkyl halides is 2. The first-order valence-electron chi connectivity index (χ1n) is 3.30. The molecule has 1 rings (SSSR count). The molecule has 3 nitrogen and oxygen atoms in total. The molecule has 0 saturated carbocycles. The van der Waals surface area contributed by atoms with Gasteiger partial charge in [-0.05, 0) is 0 Å². The van der Waals surface area contributed by atoms with Gasteiger partial charge < -0.3 is 5.11 Å². The van der Waals surface area contributed by atoms with Gasteiger partial charge in [-0.15, -0.1) is 0 Å². The van der Waals surface area contributed by atoms with E-state index in [1.807, 2.05) is 0 Å². The molecule has 1 aromatic rings. The van der Waals surface area contributed by atoms with E-state index in [0.29, 0.717) is 6.20 Å². The fourth-order valence-electron chi connectivity index (χ4n) is 0.818. The molecule has 14 heavy (non-hydrogen) atoms. The Morgan fingerprint density at radius 1 is 1.43 bits per heavy atom. The number of carbonyl (C=O) groups is 1. The number of aromatic nitrogens is 1. The van der Waals surface area contributed by atoms with Gasteiger partial charge in [-0.2, -0.15) is 4.39 Å². The van der Waals surface area contributed by atoms with Crippen LogP contribution in [0.1, 0.15) is 22.3 Å². The number of halogens is 4. The molecule has 0 aromatic carbocycles. The predicted octanol–water partition coefficient (Wildman–Crippen LogP) is 2.00. The normalized spacial score (nSPS) is 10.6. The van der Waals surface area contributed by atoms with Crippen LogP contribution in [-0.2, 0) is 0 Å². The Hall–Kier alpha value is -1.66. The van der Waals surface area contributed by atoms with Crippen molar-refractivity contribution in [3.05, 3.63) is 29.1 Å². The number of hydrogen-bond acceptors (Lipinski definition) is 2. The summed E-state index contributed by atoms with van der Waals surface area (Å²) in [5.74, 6) is -5.28. The van der Waals surface area contributed by atoms with Crippen molar-refractivity contribution >= 4 is 5.97 Å². The van der Waals surface area contributed by atoms with Crippen LogP contribution >= 0.6 is 0 Å². The van der Waals surface area contributed by atoms with E-state index in [1.54, 1.807) is 0 Å². The van der Waals surface area contributed by atoms with E-state index in [-0.39, 0.29) is 0 Å². The van der Waals surface area contributed by atoms with Crippen LogP contribution in [0.4, 0.5) is 17.6 Å². The Bertz CT molecular complexity index is 380. The Morgan fingerprint density at radius 2 is 2.00 bits per heavy atom. The second kappa shape index (κ2) is 3.60. The highest BCUT2D eigenvalue weighted by Gasteiger charge is 2.25. The third-order valence-electron chi connectivity index (χ3n) is 1.45. The number of carboxylic acid groups (broad SMARTS) is 1. The van der Waals surface area contributed by atoms with Crippen molar-refractivity contribution in [3.8, 4) is 0 Å². The minimum atomic E-state index is -3.44. The molecule has 0 aliphatic heterocycles. The summed E-state index contributed by atoms with van der Waals surface area (Å²) in [5.41, 5.74) is -2.70. The molecule has 0 bridgehead atoms. The number of aromatic carboxylic acids is 1. The molecule has 1 N–H and O–H groups in total. The molecular formula is C7H3F4NO2. The fraction of sp³-hybridized carbons (Fsp3) is 0.143. The van der Waals surface area contributed by atoms with Gasteiger partial charge in [0.25, 0.3) is 6.43 Å². The van der Waals surface area contributed by atoms with Crippen LogP contribution in [0.3, 0.4) is 0 Å². The van der Waals surface area contributed by atoms with Gasteiger partial charge in [0.15, 0.2) is 5.82 Å². The van der Waals surface area contributed by atoms with Gasteiger partial charge >= 0.3 is 5.97 Å². The van der Waals surface area contributed by atoms with Crippen LogP contribution in [0.25, 0.3) is 0 Å². The molecule has 0 radical (unpaired) electrons. The highest BCUT2D eigenvalue weighted by molar-refractivity contribution is 5.87. The lowest BCUT2D eigenvalue weighted by Gasteiger charge is -2.04. The zero-order valence-corrected chi connectivity index (χ0v) is 6.47. The van der Waals surface area contributed by atoms with Gasteiger partial charge in [-0.1, -0.05) is 0 Å². The zero-order valence-electron chi connectivity index (χ0n) is 6.47. The average Bonchev–Trinajstić information content (AvgIpc) is 2.02. The Balaban J connectivity index is 3.41. The molecule has 0 spiro atoms. The van der Waals surface area contributed by atoms with Gasteiger partial charge in [-0.3, -0.25) is 0 Å². The lowest BCUT2D eigenvalue weighted by atomic mass is 10.2. The molecule has 0 atom stereocenters. The Morgan fingerprint density at radius 3 is 2.43 bits per heavy atom. The van der Waals surface area contributed by atoms with Crippen LogP contribution in [0.2, 0.25) is 0 Å². The monoisotopic (exact) mass is 209 g/mol. The number of pyridine rings is 1. The molecular weight excluding hydrogens is 206 g/mol. The molecule has 1 heterocycles. The van der Waals surface area contributed by atoms with Crippen LogP contribution in [0, 0.1) is 11.8 Å². The maximum Gasteiger partial charge on any atom is 0.340 e. The van der Waals surface area contributed by atoms with Crippen molar-refractivity contribution in [2.75, 3.05) is 0 Å². The molecule has 1 aromatic heterocycles. The van der Waals surface area contributed by atoms with Gasteiger partial charge in [-0.25, -0.2) is 22.9 Å². The Labute approximate surface area is 75.0 Å². The summed E-state index contributed by atoms with van der Waals surface area (Å²) in [7, 11) is 0. The van der Waals surface area contributed by atoms with Gasteiger partial charge in [0.2, 0.25) is 5.95 Å². The van der Waals surface area contributed by atoms with Crippen molar-refractivity contribution in [2.24, 2.45) is 0 Å². The summed E-state index contributed by atoms with van der Waals surface area (Å²) < 4.78 is 49.5. The summed E-state index contributed by atoms with van der Waals surface area (Å²) >= 11 is 0. The summed E-state index contributed by atoms with van der Waals surface area (Å²) in [4.78, 5) is 13.0. The quantitative estimate of drug-likeness (QED) is 0.598. The summed E-state index contributed by atoms with van der Waals surface area (Å²) in [6.45, 7) is 0. The third-order valence-corrected chi connectivity index (χ3v) is 1.45. The van der Waals surface area contributed by atoms with E-state index in [1.165, 1.54) is 0 Å². The standard InChI is InChI=1S/C7H3F4NO2/c8-4-2(7(13)14)1-12-6(11)3(4)5(9)10/h1,5H,(H,13,14). The zero-order chi connectivity index (χ0) is 10.9. The highest BCUT2D eigenvalue weighted by Crippen LogP contribution is 2.25. The molecule has 0 aliphatic rings. The smallest absolute Gasteiger partial charge is 0.340 e. The molecule has 0 unspecified atom stereocenters. The van der Waals surface area contributed by atoms with Gasteiger partial charge in [0, 0.05) is 6.20 Å².